The van der Waals surface area contributed by atoms with Crippen molar-refractivity contribution in [2.75, 3.05) is 52.3 Å². The van der Waals surface area contributed by atoms with Crippen LogP contribution in [0.5, 0.6) is 11.8 Å². The van der Waals surface area contributed by atoms with E-state index in [0.29, 0.717) is 50.8 Å². The summed E-state index contributed by atoms with van der Waals surface area (Å²) in [5.74, 6) is -2.75. The highest BCUT2D eigenvalue weighted by molar-refractivity contribution is 6.03. The molecule has 2 saturated heterocycles. The molecule has 2 atom stereocenters. The lowest BCUT2D eigenvalue weighted by atomic mass is 9.91. The molecule has 8 rings (SSSR count). The number of carbonyl (C=O) groups excluding carboxylic acids is 2. The summed E-state index contributed by atoms with van der Waals surface area (Å²) in [5, 5.41) is 16.1. The average molecular weight is 801 g/mol. The molecule has 58 heavy (non-hydrogen) atoms. The minimum absolute atomic E-state index is 0.0107. The molecule has 3 aliphatic heterocycles. The molecule has 2 aromatic heterocycles. The van der Waals surface area contributed by atoms with E-state index < -0.39 is 40.9 Å². The Morgan fingerprint density at radius 3 is 2.55 bits per heavy atom. The second-order valence-corrected chi connectivity index (χ2v) is 15.7. The molecule has 2 amide bonds. The van der Waals surface area contributed by atoms with Gasteiger partial charge in [0, 0.05) is 59.1 Å². The molecule has 0 spiro atoms. The molecule has 3 aromatic carbocycles. The van der Waals surface area contributed by atoms with E-state index in [1.807, 2.05) is 11.8 Å². The number of amides is 2. The zero-order chi connectivity index (χ0) is 41.0. The summed E-state index contributed by atoms with van der Waals surface area (Å²) in [5.41, 5.74) is 0.0806. The number of aryl methyl sites for hydroxylation is 2. The van der Waals surface area contributed by atoms with Crippen molar-refractivity contribution >= 4 is 39.5 Å². The number of aromatic hydroxyl groups is 1. The number of aromatic nitrogens is 4. The van der Waals surface area contributed by atoms with Crippen LogP contribution in [0.25, 0.3) is 32.8 Å². The third kappa shape index (κ3) is 6.80. The number of nitrogens with zero attached hydrogens (tertiary/aromatic N) is 8. The van der Waals surface area contributed by atoms with Gasteiger partial charge in [0.2, 0.25) is 0 Å². The summed E-state index contributed by atoms with van der Waals surface area (Å²) in [6.45, 7) is 6.13. The zero-order valence-corrected chi connectivity index (χ0v) is 33.3. The first-order valence-corrected chi connectivity index (χ1v) is 19.8. The third-order valence-electron chi connectivity index (χ3n) is 11.9. The maximum Gasteiger partial charge on any atom is 0.411 e. The first-order chi connectivity index (χ1) is 27.8. The van der Waals surface area contributed by atoms with Crippen LogP contribution in [0.1, 0.15) is 67.7 Å². The predicted molar refractivity (Wildman–Crippen MR) is 211 cm³/mol. The summed E-state index contributed by atoms with van der Waals surface area (Å²) in [6.07, 6.45) is 2.94. The molecule has 0 bridgehead atoms. The van der Waals surface area contributed by atoms with E-state index in [1.165, 1.54) is 40.1 Å². The lowest BCUT2D eigenvalue weighted by Crippen LogP contribution is -2.48. The van der Waals surface area contributed by atoms with Crippen LogP contribution >= 0.6 is 0 Å². The van der Waals surface area contributed by atoms with Crippen LogP contribution in [0.2, 0.25) is 0 Å². The standard InChI is InChI=1S/C42H47F3N8O5/c1-6-27-30(43)11-10-24-18-26(54)20-28(34(24)27)35-31(44)21-29-37(36(35)45)46-40(57-23-42-13-8-16-52(42)33(12-14-42)58-41(56)50(5)7-2)47-38(29)51-15-9-17-53-25(22-51)19-32(48-53)39(55)49(3)4/h10-11,18-21,33,54H,6-9,12-17,22-23H2,1-5H3/t33-,42+/m0/s1. The van der Waals surface area contributed by atoms with Crippen molar-refractivity contribution < 1.29 is 37.3 Å². The van der Waals surface area contributed by atoms with Crippen LogP contribution in [0.3, 0.4) is 0 Å². The van der Waals surface area contributed by atoms with E-state index in [-0.39, 0.29) is 76.2 Å². The first-order valence-electron chi connectivity index (χ1n) is 19.8. The zero-order valence-electron chi connectivity index (χ0n) is 33.3. The van der Waals surface area contributed by atoms with Crippen LogP contribution < -0.4 is 9.64 Å². The molecule has 5 heterocycles. The summed E-state index contributed by atoms with van der Waals surface area (Å²) < 4.78 is 63.3. The topological polar surface area (TPSA) is 129 Å². The van der Waals surface area contributed by atoms with Gasteiger partial charge >= 0.3 is 12.1 Å². The Hall–Kier alpha value is -5.64. The molecule has 2 fully saturated rings. The van der Waals surface area contributed by atoms with Gasteiger partial charge in [-0.2, -0.15) is 15.1 Å². The highest BCUT2D eigenvalue weighted by atomic mass is 19.1. The Bertz CT molecular complexity index is 2440. The number of halogens is 3. The maximum atomic E-state index is 17.4. The molecule has 13 nitrogen and oxygen atoms in total. The van der Waals surface area contributed by atoms with E-state index in [0.717, 1.165) is 18.5 Å². The van der Waals surface area contributed by atoms with Crippen LogP contribution in [0.15, 0.2) is 36.4 Å². The van der Waals surface area contributed by atoms with E-state index in [1.54, 1.807) is 38.8 Å². The van der Waals surface area contributed by atoms with Crippen molar-refractivity contribution in [3.63, 3.8) is 0 Å². The van der Waals surface area contributed by atoms with Crippen molar-refractivity contribution in [3.8, 4) is 22.9 Å². The molecular formula is C42H47F3N8O5. The van der Waals surface area contributed by atoms with Gasteiger partial charge in [0.1, 0.15) is 35.3 Å². The summed E-state index contributed by atoms with van der Waals surface area (Å²) >= 11 is 0. The Morgan fingerprint density at radius 1 is 0.983 bits per heavy atom. The molecule has 0 saturated carbocycles. The van der Waals surface area contributed by atoms with Crippen molar-refractivity contribution in [2.24, 2.45) is 0 Å². The molecule has 0 unspecified atom stereocenters. The fourth-order valence-corrected chi connectivity index (χ4v) is 8.84. The Morgan fingerprint density at radius 2 is 1.79 bits per heavy atom. The Labute approximate surface area is 333 Å². The second kappa shape index (κ2) is 15.3. The number of phenols is 1. The number of fused-ring (bicyclic) bond motifs is 4. The third-order valence-corrected chi connectivity index (χ3v) is 11.9. The minimum Gasteiger partial charge on any atom is -0.508 e. The van der Waals surface area contributed by atoms with Crippen molar-refractivity contribution in [3.05, 3.63) is 70.8 Å². The molecule has 0 radical (unpaired) electrons. The number of ether oxygens (including phenoxy) is 2. The quantitative estimate of drug-likeness (QED) is 0.169. The lowest BCUT2D eigenvalue weighted by molar-refractivity contribution is -0.0331. The fraction of sp³-hybridized carbons (Fsp3) is 0.452. The summed E-state index contributed by atoms with van der Waals surface area (Å²) in [6, 6.07) is 8.19. The largest absolute Gasteiger partial charge is 0.508 e. The van der Waals surface area contributed by atoms with E-state index in [9.17, 15) is 14.7 Å². The van der Waals surface area contributed by atoms with Crippen LogP contribution in [0, 0.1) is 17.5 Å². The molecule has 5 aromatic rings. The van der Waals surface area contributed by atoms with Gasteiger partial charge < -0.3 is 29.3 Å². The van der Waals surface area contributed by atoms with Crippen molar-refractivity contribution in [1.82, 2.24) is 34.4 Å². The first kappa shape index (κ1) is 39.2. The van der Waals surface area contributed by atoms with Gasteiger partial charge in [-0.05, 0) is 91.3 Å². The monoisotopic (exact) mass is 800 g/mol. The highest BCUT2D eigenvalue weighted by Gasteiger charge is 2.51. The molecule has 3 aliphatic rings. The Kier molecular flexibility index (Phi) is 10.3. The maximum absolute atomic E-state index is 17.4. The van der Waals surface area contributed by atoms with Gasteiger partial charge in [0.15, 0.2) is 17.7 Å². The number of rotatable bonds is 9. The van der Waals surface area contributed by atoms with Gasteiger partial charge in [0.05, 0.1) is 23.3 Å². The number of hydrogen-bond acceptors (Lipinski definition) is 10. The number of carbonyl (C=O) groups is 2. The normalized spacial score (nSPS) is 19.3. The van der Waals surface area contributed by atoms with Gasteiger partial charge in [0.25, 0.3) is 5.91 Å². The van der Waals surface area contributed by atoms with E-state index in [4.69, 9.17) is 14.5 Å². The minimum atomic E-state index is -1.02. The van der Waals surface area contributed by atoms with Gasteiger partial charge in [-0.25, -0.2) is 18.0 Å². The summed E-state index contributed by atoms with van der Waals surface area (Å²) in [4.78, 5) is 42.0. The SMILES string of the molecule is CCc1c(F)ccc2cc(O)cc(-c3c(F)cc4c(N5CCCn6nc(C(=O)N(C)C)cc6C5)nc(OC[C@]56CCCN5[C@@H](OC(=O)N(C)CC)CC6)nc4c3F)c12. The van der Waals surface area contributed by atoms with Crippen LogP contribution in [-0.4, -0.2) is 111 Å². The lowest BCUT2D eigenvalue weighted by Gasteiger charge is -2.34. The molecule has 16 heteroatoms. The molecular weight excluding hydrogens is 754 g/mol. The predicted octanol–water partition coefficient (Wildman–Crippen LogP) is 6.87. The number of anilines is 1. The fourth-order valence-electron chi connectivity index (χ4n) is 8.84. The van der Waals surface area contributed by atoms with Crippen LogP contribution in [0.4, 0.5) is 23.8 Å². The molecule has 306 valence electrons. The number of hydrogen-bond donors (Lipinski definition) is 1. The smallest absolute Gasteiger partial charge is 0.411 e. The highest BCUT2D eigenvalue weighted by Crippen LogP contribution is 2.45. The number of benzene rings is 3. The van der Waals surface area contributed by atoms with Crippen molar-refractivity contribution in [2.45, 2.75) is 77.2 Å². The Balaban J connectivity index is 1.24. The van der Waals surface area contributed by atoms with Crippen LogP contribution in [-0.2, 0) is 24.2 Å². The average Bonchev–Trinajstić information content (AvgIpc) is 3.86. The molecule has 0 aliphatic carbocycles. The van der Waals surface area contributed by atoms with Gasteiger partial charge in [-0.15, -0.1) is 0 Å². The van der Waals surface area contributed by atoms with Crippen molar-refractivity contribution in [1.29, 1.82) is 0 Å². The second-order valence-electron chi connectivity index (χ2n) is 15.7. The summed E-state index contributed by atoms with van der Waals surface area (Å²) in [7, 11) is 4.99. The van der Waals surface area contributed by atoms with Gasteiger partial charge in [-0.3, -0.25) is 14.4 Å². The van der Waals surface area contributed by atoms with Gasteiger partial charge in [-0.1, -0.05) is 13.0 Å². The number of phenolic OH excluding ortho intramolecular Hbond substituents is 1. The molecule has 1 N–H and O–H groups in total. The van der Waals surface area contributed by atoms with E-state index in [2.05, 4.69) is 15.0 Å². The van der Waals surface area contributed by atoms with E-state index >= 15 is 13.2 Å².